The number of hydrogen-bond acceptors (Lipinski definition) is 1. The first kappa shape index (κ1) is 11.0. The summed E-state index contributed by atoms with van der Waals surface area (Å²) in [5.41, 5.74) is 0. The van der Waals surface area contributed by atoms with Crippen LogP contribution in [0.25, 0.3) is 0 Å². The van der Waals surface area contributed by atoms with Crippen molar-refractivity contribution in [2.45, 2.75) is 53.0 Å². The highest BCUT2D eigenvalue weighted by molar-refractivity contribution is 4.63. The monoisotopic (exact) mass is 157 g/mol. The Labute approximate surface area is 71.6 Å². The van der Waals surface area contributed by atoms with Gasteiger partial charge in [0.25, 0.3) is 0 Å². The fourth-order valence-corrected chi connectivity index (χ4v) is 1.65. The van der Waals surface area contributed by atoms with Crippen molar-refractivity contribution in [3.8, 4) is 0 Å². The fraction of sp³-hybridized carbons (Fsp3) is 1.00. The molecule has 0 aliphatic rings. The lowest BCUT2D eigenvalue weighted by Crippen LogP contribution is -2.27. The van der Waals surface area contributed by atoms with Gasteiger partial charge in [-0.3, -0.25) is 0 Å². The second-order valence-corrected chi connectivity index (χ2v) is 3.59. The first-order chi connectivity index (χ1) is 5.20. The molecule has 1 heteroatoms. The summed E-state index contributed by atoms with van der Waals surface area (Å²) >= 11 is 0. The maximum Gasteiger partial charge on any atom is 0.00411 e. The van der Waals surface area contributed by atoms with Gasteiger partial charge in [0.2, 0.25) is 0 Å². The molecule has 1 nitrogen and oxygen atoms in total. The van der Waals surface area contributed by atoms with Crippen molar-refractivity contribution in [2.24, 2.45) is 5.92 Å². The molecule has 0 bridgehead atoms. The normalized spacial score (nSPS) is 16.4. The Morgan fingerprint density at radius 3 is 2.27 bits per heavy atom. The van der Waals surface area contributed by atoms with Crippen molar-refractivity contribution >= 4 is 0 Å². The summed E-state index contributed by atoms with van der Waals surface area (Å²) in [5, 5.41) is 3.43. The Morgan fingerprint density at radius 2 is 1.82 bits per heavy atom. The zero-order valence-corrected chi connectivity index (χ0v) is 8.48. The first-order valence-corrected chi connectivity index (χ1v) is 4.94. The van der Waals surface area contributed by atoms with Gasteiger partial charge in [0, 0.05) is 6.04 Å². The molecule has 0 aliphatic heterocycles. The Bertz CT molecular complexity index is 70.9. The Hall–Kier alpha value is -0.0400. The van der Waals surface area contributed by atoms with Crippen LogP contribution in [0.15, 0.2) is 0 Å². The van der Waals surface area contributed by atoms with Gasteiger partial charge in [-0.2, -0.15) is 0 Å². The maximum atomic E-state index is 3.43. The lowest BCUT2D eigenvalue weighted by Gasteiger charge is -2.16. The van der Waals surface area contributed by atoms with Gasteiger partial charge < -0.3 is 5.32 Å². The van der Waals surface area contributed by atoms with Crippen molar-refractivity contribution < 1.29 is 0 Å². The van der Waals surface area contributed by atoms with Crippen LogP contribution in [0, 0.1) is 5.92 Å². The minimum atomic E-state index is 0.696. The van der Waals surface area contributed by atoms with Crippen LogP contribution >= 0.6 is 0 Å². The van der Waals surface area contributed by atoms with E-state index in [0.29, 0.717) is 6.04 Å². The van der Waals surface area contributed by atoms with Crippen LogP contribution < -0.4 is 5.32 Å². The molecule has 11 heavy (non-hydrogen) atoms. The topological polar surface area (TPSA) is 12.0 Å². The predicted molar refractivity (Wildman–Crippen MR) is 51.8 cm³/mol. The summed E-state index contributed by atoms with van der Waals surface area (Å²) in [6.07, 6.45) is 4.01. The SMILES string of the molecule is CCCC(C)CC(C)NCC. The van der Waals surface area contributed by atoms with Gasteiger partial charge in [-0.15, -0.1) is 0 Å². The van der Waals surface area contributed by atoms with E-state index in [-0.39, 0.29) is 0 Å². The van der Waals surface area contributed by atoms with E-state index in [4.69, 9.17) is 0 Å². The Kier molecular flexibility index (Phi) is 6.63. The molecule has 0 radical (unpaired) electrons. The van der Waals surface area contributed by atoms with Gasteiger partial charge in [-0.1, -0.05) is 33.6 Å². The molecule has 0 aromatic rings. The summed E-state index contributed by atoms with van der Waals surface area (Å²) in [7, 11) is 0. The summed E-state index contributed by atoms with van der Waals surface area (Å²) in [6, 6.07) is 0.696. The van der Waals surface area contributed by atoms with Gasteiger partial charge in [-0.05, 0) is 25.8 Å². The third-order valence-electron chi connectivity index (χ3n) is 2.09. The molecule has 0 saturated carbocycles. The largest absolute Gasteiger partial charge is 0.315 e. The van der Waals surface area contributed by atoms with Crippen molar-refractivity contribution in [3.63, 3.8) is 0 Å². The molecule has 0 heterocycles. The molecule has 68 valence electrons. The zero-order valence-electron chi connectivity index (χ0n) is 8.48. The highest BCUT2D eigenvalue weighted by atomic mass is 14.9. The Balaban J connectivity index is 3.32. The summed E-state index contributed by atoms with van der Waals surface area (Å²) in [6.45, 7) is 10.1. The summed E-state index contributed by atoms with van der Waals surface area (Å²) in [5.74, 6) is 0.883. The highest BCUT2D eigenvalue weighted by Gasteiger charge is 2.05. The molecule has 0 aromatic heterocycles. The molecule has 2 atom stereocenters. The van der Waals surface area contributed by atoms with E-state index in [2.05, 4.69) is 33.0 Å². The first-order valence-electron chi connectivity index (χ1n) is 4.94. The summed E-state index contributed by atoms with van der Waals surface area (Å²) < 4.78 is 0. The third kappa shape index (κ3) is 6.36. The minimum Gasteiger partial charge on any atom is -0.315 e. The van der Waals surface area contributed by atoms with Crippen LogP contribution in [0.1, 0.15) is 47.0 Å². The van der Waals surface area contributed by atoms with Crippen molar-refractivity contribution in [1.29, 1.82) is 0 Å². The fourth-order valence-electron chi connectivity index (χ4n) is 1.65. The van der Waals surface area contributed by atoms with E-state index in [1.165, 1.54) is 19.3 Å². The van der Waals surface area contributed by atoms with E-state index in [9.17, 15) is 0 Å². The summed E-state index contributed by atoms with van der Waals surface area (Å²) in [4.78, 5) is 0. The average Bonchev–Trinajstić information content (AvgIpc) is 1.87. The van der Waals surface area contributed by atoms with Gasteiger partial charge in [-0.25, -0.2) is 0 Å². The third-order valence-corrected chi connectivity index (χ3v) is 2.09. The van der Waals surface area contributed by atoms with Crippen LogP contribution in [0.2, 0.25) is 0 Å². The molecule has 0 spiro atoms. The molecule has 1 N–H and O–H groups in total. The van der Waals surface area contributed by atoms with Crippen LogP contribution in [0.3, 0.4) is 0 Å². The molecular weight excluding hydrogens is 134 g/mol. The number of nitrogens with one attached hydrogen (secondary N) is 1. The van der Waals surface area contributed by atoms with Gasteiger partial charge in [0.15, 0.2) is 0 Å². The van der Waals surface area contributed by atoms with Crippen molar-refractivity contribution in [1.82, 2.24) is 5.32 Å². The molecule has 0 amide bonds. The molecule has 0 fully saturated rings. The molecule has 0 saturated heterocycles. The lowest BCUT2D eigenvalue weighted by molar-refractivity contribution is 0.405. The van der Waals surface area contributed by atoms with Gasteiger partial charge in [0.1, 0.15) is 0 Å². The van der Waals surface area contributed by atoms with Crippen LogP contribution in [0.5, 0.6) is 0 Å². The molecule has 0 rings (SSSR count). The van der Waals surface area contributed by atoms with Crippen LogP contribution in [-0.2, 0) is 0 Å². The molecule has 0 aliphatic carbocycles. The van der Waals surface area contributed by atoms with Gasteiger partial charge in [0.05, 0.1) is 0 Å². The molecule has 0 aromatic carbocycles. The van der Waals surface area contributed by atoms with Gasteiger partial charge >= 0.3 is 0 Å². The van der Waals surface area contributed by atoms with E-state index in [1.807, 2.05) is 0 Å². The van der Waals surface area contributed by atoms with E-state index < -0.39 is 0 Å². The molecule has 2 unspecified atom stereocenters. The molecular formula is C10H23N. The second-order valence-electron chi connectivity index (χ2n) is 3.59. The second kappa shape index (κ2) is 6.66. The predicted octanol–water partition coefficient (Wildman–Crippen LogP) is 2.81. The zero-order chi connectivity index (χ0) is 8.69. The number of rotatable bonds is 6. The standard InChI is InChI=1S/C10H23N/c1-5-7-9(3)8-10(4)11-6-2/h9-11H,5-8H2,1-4H3. The average molecular weight is 157 g/mol. The smallest absolute Gasteiger partial charge is 0.00411 e. The van der Waals surface area contributed by atoms with Crippen molar-refractivity contribution in [2.75, 3.05) is 6.54 Å². The highest BCUT2D eigenvalue weighted by Crippen LogP contribution is 2.11. The van der Waals surface area contributed by atoms with E-state index in [0.717, 1.165) is 12.5 Å². The van der Waals surface area contributed by atoms with Crippen LogP contribution in [0.4, 0.5) is 0 Å². The quantitative estimate of drug-likeness (QED) is 0.625. The number of hydrogen-bond donors (Lipinski definition) is 1. The van der Waals surface area contributed by atoms with E-state index >= 15 is 0 Å². The minimum absolute atomic E-state index is 0.696. The Morgan fingerprint density at radius 1 is 1.18 bits per heavy atom. The van der Waals surface area contributed by atoms with E-state index in [1.54, 1.807) is 0 Å². The van der Waals surface area contributed by atoms with Crippen molar-refractivity contribution in [3.05, 3.63) is 0 Å². The van der Waals surface area contributed by atoms with Crippen LogP contribution in [-0.4, -0.2) is 12.6 Å². The maximum absolute atomic E-state index is 3.43. The lowest BCUT2D eigenvalue weighted by atomic mass is 9.98.